The van der Waals surface area contributed by atoms with Gasteiger partial charge in [-0.05, 0) is 55.7 Å². The number of urea groups is 1. The van der Waals surface area contributed by atoms with Gasteiger partial charge in [-0.2, -0.15) is 0 Å². The number of primary amides is 1. The van der Waals surface area contributed by atoms with E-state index in [2.05, 4.69) is 21.3 Å². The Bertz CT molecular complexity index is 1260. The average molecular weight is 657 g/mol. The number of Topliss-reactive ketones (excluding diaryl/α,β-unsaturated/α-hetero) is 1. The zero-order valence-corrected chi connectivity index (χ0v) is 27.5. The lowest BCUT2D eigenvalue weighted by molar-refractivity contribution is -0.137. The van der Waals surface area contributed by atoms with Crippen LogP contribution in [0.4, 0.5) is 15.3 Å². The summed E-state index contributed by atoms with van der Waals surface area (Å²) in [7, 11) is 0. The van der Waals surface area contributed by atoms with Crippen LogP contribution in [0, 0.1) is 11.8 Å². The Kier molecular flexibility index (Phi) is 16.7. The van der Waals surface area contributed by atoms with Crippen LogP contribution in [0.5, 0.6) is 0 Å². The number of ether oxygens (including phenoxy) is 1. The number of nitrogens with one attached hydrogen (secondary N) is 4. The minimum atomic E-state index is -0.804. The van der Waals surface area contributed by atoms with Gasteiger partial charge in [0.1, 0.15) is 6.61 Å². The Morgan fingerprint density at radius 3 is 2.19 bits per heavy atom. The summed E-state index contributed by atoms with van der Waals surface area (Å²) in [5.74, 6) is -2.63. The predicted molar refractivity (Wildman–Crippen MR) is 175 cm³/mol. The Balaban J connectivity index is 1.93. The number of rotatable bonds is 21. The van der Waals surface area contributed by atoms with Crippen molar-refractivity contribution in [2.75, 3.05) is 25.0 Å². The quantitative estimate of drug-likeness (QED) is 0.0980. The van der Waals surface area contributed by atoms with E-state index >= 15 is 0 Å². The van der Waals surface area contributed by atoms with Crippen molar-refractivity contribution < 1.29 is 38.3 Å². The molecule has 2 atom stereocenters. The summed E-state index contributed by atoms with van der Waals surface area (Å²) in [4.78, 5) is 86.8. The number of amides is 7. The molecular weight excluding hydrogens is 608 g/mol. The van der Waals surface area contributed by atoms with Gasteiger partial charge in [-0.25, -0.2) is 9.59 Å². The first kappa shape index (κ1) is 38.4. The van der Waals surface area contributed by atoms with E-state index in [1.807, 2.05) is 20.8 Å². The van der Waals surface area contributed by atoms with Gasteiger partial charge in [0.05, 0.1) is 6.04 Å². The van der Waals surface area contributed by atoms with Crippen LogP contribution in [-0.4, -0.2) is 72.1 Å². The zero-order chi connectivity index (χ0) is 34.8. The molecule has 6 N–H and O–H groups in total. The van der Waals surface area contributed by atoms with Crippen molar-refractivity contribution in [3.63, 3.8) is 0 Å². The monoisotopic (exact) mass is 656 g/mol. The smallest absolute Gasteiger partial charge is 0.407 e. The first-order valence-electron chi connectivity index (χ1n) is 16.1. The van der Waals surface area contributed by atoms with Crippen molar-refractivity contribution in [1.82, 2.24) is 20.9 Å². The molecule has 0 radical (unpaired) electrons. The molecule has 14 nitrogen and oxygen atoms in total. The van der Waals surface area contributed by atoms with Crippen molar-refractivity contribution in [3.8, 4) is 0 Å². The number of anilines is 1. The third kappa shape index (κ3) is 14.5. The number of carbonyl (C=O) groups excluding carboxylic acids is 7. The van der Waals surface area contributed by atoms with E-state index in [9.17, 15) is 33.6 Å². The number of hydrogen-bond donors (Lipinski definition) is 5. The van der Waals surface area contributed by atoms with Gasteiger partial charge in [0, 0.05) is 56.2 Å². The highest BCUT2D eigenvalue weighted by molar-refractivity contribution is 6.12. The van der Waals surface area contributed by atoms with Crippen molar-refractivity contribution in [2.45, 2.75) is 84.8 Å². The van der Waals surface area contributed by atoms with Crippen LogP contribution < -0.4 is 27.0 Å². The number of carbonyl (C=O) groups is 7. The molecule has 0 fully saturated rings. The first-order valence-corrected chi connectivity index (χ1v) is 16.1. The van der Waals surface area contributed by atoms with Gasteiger partial charge in [-0.15, -0.1) is 0 Å². The second-order valence-corrected chi connectivity index (χ2v) is 11.8. The highest BCUT2D eigenvalue weighted by atomic mass is 16.5. The molecular formula is C33H48N6O8. The Hall–Kier alpha value is -4.75. The van der Waals surface area contributed by atoms with Crippen molar-refractivity contribution >= 4 is 47.2 Å². The topological polar surface area (TPSA) is 206 Å². The standard InChI is InChI=1S/C33H48N6O8/c1-4-17-36-33(46)47-21-23-11-13-25(14-12-23)37-31(44)24(9-8-18-35-32(34)45)20-26(40)30(22(2)3)38-27(41)10-6-5-7-19-39-28(42)15-16-29(39)43/h11-16,22,24,30H,4-10,17-21H2,1-3H3,(H,36,46)(H,37,44)(H,38,41)(H3,34,35,45)/t24-,30+/m1/s1. The molecule has 14 heteroatoms. The number of imide groups is 1. The molecule has 2 rings (SSSR count). The summed E-state index contributed by atoms with van der Waals surface area (Å²) in [5.41, 5.74) is 6.36. The average Bonchev–Trinajstić information content (AvgIpc) is 3.35. The van der Waals surface area contributed by atoms with Gasteiger partial charge in [0.25, 0.3) is 11.8 Å². The molecule has 0 bridgehead atoms. The fourth-order valence-electron chi connectivity index (χ4n) is 4.86. The number of nitrogens with zero attached hydrogens (tertiary/aromatic N) is 1. The van der Waals surface area contributed by atoms with E-state index in [0.717, 1.165) is 16.9 Å². The third-order valence-corrected chi connectivity index (χ3v) is 7.47. The summed E-state index contributed by atoms with van der Waals surface area (Å²) in [6, 6.07) is 5.28. The first-order chi connectivity index (χ1) is 22.4. The summed E-state index contributed by atoms with van der Waals surface area (Å²) in [6.07, 6.45) is 5.17. The van der Waals surface area contributed by atoms with E-state index in [1.165, 1.54) is 12.2 Å². The molecule has 258 valence electrons. The van der Waals surface area contributed by atoms with E-state index in [-0.39, 0.29) is 74.3 Å². The lowest BCUT2D eigenvalue weighted by atomic mass is 9.89. The van der Waals surface area contributed by atoms with Crippen LogP contribution in [0.1, 0.15) is 77.7 Å². The molecule has 1 aromatic carbocycles. The van der Waals surface area contributed by atoms with Gasteiger partial charge < -0.3 is 31.7 Å². The Morgan fingerprint density at radius 1 is 0.894 bits per heavy atom. The SMILES string of the molecule is CCCNC(=O)OCc1ccc(NC(=O)[C@H](CCCNC(N)=O)CC(=O)[C@@H](NC(=O)CCCCCN2C(=O)C=CC2=O)C(C)C)cc1. The van der Waals surface area contributed by atoms with Gasteiger partial charge in [0.2, 0.25) is 11.8 Å². The number of benzene rings is 1. The Labute approximate surface area is 275 Å². The van der Waals surface area contributed by atoms with E-state index in [0.29, 0.717) is 37.9 Å². The number of ketones is 1. The second-order valence-electron chi connectivity index (χ2n) is 11.8. The van der Waals surface area contributed by atoms with Crippen molar-refractivity contribution in [3.05, 3.63) is 42.0 Å². The molecule has 0 saturated heterocycles. The summed E-state index contributed by atoms with van der Waals surface area (Å²) in [6.45, 7) is 6.65. The van der Waals surface area contributed by atoms with Crippen molar-refractivity contribution in [1.29, 1.82) is 0 Å². The van der Waals surface area contributed by atoms with E-state index in [1.54, 1.807) is 24.3 Å². The lowest BCUT2D eigenvalue weighted by Gasteiger charge is -2.24. The molecule has 1 heterocycles. The van der Waals surface area contributed by atoms with Crippen molar-refractivity contribution in [2.24, 2.45) is 17.6 Å². The van der Waals surface area contributed by atoms with Crippen LogP contribution >= 0.6 is 0 Å². The van der Waals surface area contributed by atoms with E-state index in [4.69, 9.17) is 10.5 Å². The fraction of sp³-hybridized carbons (Fsp3) is 0.545. The molecule has 1 aromatic rings. The molecule has 7 amide bonds. The molecule has 0 spiro atoms. The largest absolute Gasteiger partial charge is 0.445 e. The number of nitrogens with two attached hydrogens (primary N) is 1. The van der Waals surface area contributed by atoms with Gasteiger partial charge >= 0.3 is 12.1 Å². The number of unbranched alkanes of at least 4 members (excludes halogenated alkanes) is 2. The summed E-state index contributed by atoms with van der Waals surface area (Å²) >= 11 is 0. The van der Waals surface area contributed by atoms with Crippen LogP contribution in [-0.2, 0) is 35.3 Å². The van der Waals surface area contributed by atoms with Crippen LogP contribution in [0.2, 0.25) is 0 Å². The number of hydrogen-bond acceptors (Lipinski definition) is 8. The predicted octanol–water partition coefficient (Wildman–Crippen LogP) is 2.91. The van der Waals surface area contributed by atoms with Gasteiger partial charge in [0.15, 0.2) is 5.78 Å². The third-order valence-electron chi connectivity index (χ3n) is 7.47. The Morgan fingerprint density at radius 2 is 1.57 bits per heavy atom. The second kappa shape index (κ2) is 20.4. The van der Waals surface area contributed by atoms with E-state index < -0.39 is 24.1 Å². The maximum atomic E-state index is 13.4. The highest BCUT2D eigenvalue weighted by Gasteiger charge is 2.29. The summed E-state index contributed by atoms with van der Waals surface area (Å²) < 4.78 is 5.16. The summed E-state index contributed by atoms with van der Waals surface area (Å²) in [5, 5.41) is 10.8. The highest BCUT2D eigenvalue weighted by Crippen LogP contribution is 2.20. The fourth-order valence-corrected chi connectivity index (χ4v) is 4.86. The molecule has 0 saturated carbocycles. The lowest BCUT2D eigenvalue weighted by Crippen LogP contribution is -2.45. The molecule has 1 aliphatic heterocycles. The molecule has 47 heavy (non-hydrogen) atoms. The normalized spacial score (nSPS) is 13.7. The van der Waals surface area contributed by atoms with Gasteiger partial charge in [-0.1, -0.05) is 39.3 Å². The number of alkyl carbamates (subject to hydrolysis) is 1. The maximum Gasteiger partial charge on any atom is 0.407 e. The van der Waals surface area contributed by atoms with Crippen LogP contribution in [0.3, 0.4) is 0 Å². The van der Waals surface area contributed by atoms with Crippen LogP contribution in [0.15, 0.2) is 36.4 Å². The molecule has 0 aliphatic carbocycles. The molecule has 0 aromatic heterocycles. The molecule has 0 unspecified atom stereocenters. The maximum absolute atomic E-state index is 13.4. The van der Waals surface area contributed by atoms with Gasteiger partial charge in [-0.3, -0.25) is 28.9 Å². The zero-order valence-electron chi connectivity index (χ0n) is 27.5. The molecule has 1 aliphatic rings. The minimum Gasteiger partial charge on any atom is -0.445 e. The van der Waals surface area contributed by atoms with Crippen LogP contribution in [0.25, 0.3) is 0 Å². The minimum absolute atomic E-state index is 0.0639.